The standard InChI is InChI=1S/C11H11BrN2S/c1-8-2-3-9(12)4-11(8)14-6-10-5-13-7-15-10/h2-5,7,14H,6H2,1H3. The van der Waals surface area contributed by atoms with E-state index in [1.54, 1.807) is 11.3 Å². The molecule has 0 spiro atoms. The molecule has 1 aromatic heterocycles. The minimum atomic E-state index is 0.835. The maximum absolute atomic E-state index is 4.04. The second-order valence-electron chi connectivity index (χ2n) is 3.28. The number of nitrogens with zero attached hydrogens (tertiary/aromatic N) is 1. The Hall–Kier alpha value is -0.870. The molecule has 0 aliphatic carbocycles. The Balaban J connectivity index is 2.07. The molecule has 0 saturated carbocycles. The number of thiazole rings is 1. The second kappa shape index (κ2) is 4.77. The maximum Gasteiger partial charge on any atom is 0.0794 e. The van der Waals surface area contributed by atoms with Gasteiger partial charge in [-0.3, -0.25) is 4.98 Å². The fourth-order valence-electron chi connectivity index (χ4n) is 1.30. The van der Waals surface area contributed by atoms with E-state index >= 15 is 0 Å². The highest BCUT2D eigenvalue weighted by atomic mass is 79.9. The molecule has 1 aromatic carbocycles. The van der Waals surface area contributed by atoms with Crippen molar-refractivity contribution in [1.82, 2.24) is 4.98 Å². The molecule has 0 aliphatic heterocycles. The van der Waals surface area contributed by atoms with Gasteiger partial charge in [0.05, 0.1) is 12.1 Å². The van der Waals surface area contributed by atoms with Crippen molar-refractivity contribution in [1.29, 1.82) is 0 Å². The van der Waals surface area contributed by atoms with E-state index in [4.69, 9.17) is 0 Å². The Morgan fingerprint density at radius 3 is 3.07 bits per heavy atom. The summed E-state index contributed by atoms with van der Waals surface area (Å²) >= 11 is 5.13. The van der Waals surface area contributed by atoms with Gasteiger partial charge in [-0.05, 0) is 24.6 Å². The van der Waals surface area contributed by atoms with Gasteiger partial charge in [0.2, 0.25) is 0 Å². The summed E-state index contributed by atoms with van der Waals surface area (Å²) < 4.78 is 1.10. The van der Waals surface area contributed by atoms with Gasteiger partial charge in [0.15, 0.2) is 0 Å². The molecule has 2 nitrogen and oxygen atoms in total. The van der Waals surface area contributed by atoms with E-state index in [9.17, 15) is 0 Å². The van der Waals surface area contributed by atoms with E-state index < -0.39 is 0 Å². The fourth-order valence-corrected chi connectivity index (χ4v) is 2.19. The molecular formula is C11H11BrN2S. The molecule has 15 heavy (non-hydrogen) atoms. The molecule has 78 valence electrons. The van der Waals surface area contributed by atoms with Gasteiger partial charge in [0, 0.05) is 21.2 Å². The van der Waals surface area contributed by atoms with Crippen LogP contribution in [0.4, 0.5) is 5.69 Å². The van der Waals surface area contributed by atoms with Crippen LogP contribution in [-0.2, 0) is 6.54 Å². The Morgan fingerprint density at radius 2 is 2.33 bits per heavy atom. The van der Waals surface area contributed by atoms with Crippen molar-refractivity contribution in [3.63, 3.8) is 0 Å². The van der Waals surface area contributed by atoms with Crippen molar-refractivity contribution in [2.75, 3.05) is 5.32 Å². The zero-order valence-corrected chi connectivity index (χ0v) is 10.7. The lowest BCUT2D eigenvalue weighted by Crippen LogP contribution is -1.99. The number of rotatable bonds is 3. The van der Waals surface area contributed by atoms with Crippen molar-refractivity contribution in [2.45, 2.75) is 13.5 Å². The Morgan fingerprint density at radius 1 is 1.47 bits per heavy atom. The van der Waals surface area contributed by atoms with Crippen LogP contribution in [0.5, 0.6) is 0 Å². The van der Waals surface area contributed by atoms with E-state index in [1.165, 1.54) is 10.4 Å². The Bertz CT molecular complexity index is 440. The second-order valence-corrected chi connectivity index (χ2v) is 5.17. The summed E-state index contributed by atoms with van der Waals surface area (Å²) in [6.45, 7) is 2.93. The lowest BCUT2D eigenvalue weighted by molar-refractivity contribution is 1.16. The van der Waals surface area contributed by atoms with Crippen LogP contribution in [0.1, 0.15) is 10.4 Å². The smallest absolute Gasteiger partial charge is 0.0794 e. The van der Waals surface area contributed by atoms with Crippen molar-refractivity contribution in [3.8, 4) is 0 Å². The molecule has 0 atom stereocenters. The van der Waals surface area contributed by atoms with Crippen LogP contribution in [0.25, 0.3) is 0 Å². The Labute approximate surface area is 101 Å². The van der Waals surface area contributed by atoms with Crippen LogP contribution >= 0.6 is 27.3 Å². The normalized spacial score (nSPS) is 10.3. The van der Waals surface area contributed by atoms with Gasteiger partial charge in [0.1, 0.15) is 0 Å². The first-order chi connectivity index (χ1) is 7.25. The number of benzene rings is 1. The highest BCUT2D eigenvalue weighted by Gasteiger charge is 1.99. The first kappa shape index (κ1) is 10.6. The molecule has 0 unspecified atom stereocenters. The third-order valence-corrected chi connectivity index (χ3v) is 3.41. The highest BCUT2D eigenvalue weighted by Crippen LogP contribution is 2.21. The quantitative estimate of drug-likeness (QED) is 0.926. The van der Waals surface area contributed by atoms with Crippen molar-refractivity contribution in [2.24, 2.45) is 0 Å². The fraction of sp³-hybridized carbons (Fsp3) is 0.182. The number of aromatic nitrogens is 1. The van der Waals surface area contributed by atoms with Gasteiger partial charge in [-0.2, -0.15) is 0 Å². The van der Waals surface area contributed by atoms with Gasteiger partial charge >= 0.3 is 0 Å². The summed E-state index contributed by atoms with van der Waals surface area (Å²) in [7, 11) is 0. The Kier molecular flexibility index (Phi) is 3.38. The number of hydrogen-bond donors (Lipinski definition) is 1. The molecule has 0 radical (unpaired) electrons. The molecule has 0 saturated heterocycles. The molecule has 1 N–H and O–H groups in total. The molecule has 2 aromatic rings. The van der Waals surface area contributed by atoms with Gasteiger partial charge in [-0.25, -0.2) is 0 Å². The summed E-state index contributed by atoms with van der Waals surface area (Å²) in [5.74, 6) is 0. The van der Waals surface area contributed by atoms with E-state index in [0.29, 0.717) is 0 Å². The maximum atomic E-state index is 4.04. The number of hydrogen-bond acceptors (Lipinski definition) is 3. The topological polar surface area (TPSA) is 24.9 Å². The van der Waals surface area contributed by atoms with Crippen LogP contribution in [0.2, 0.25) is 0 Å². The van der Waals surface area contributed by atoms with Gasteiger partial charge in [-0.15, -0.1) is 11.3 Å². The van der Waals surface area contributed by atoms with Crippen LogP contribution in [0.3, 0.4) is 0 Å². The van der Waals surface area contributed by atoms with Crippen molar-refractivity contribution < 1.29 is 0 Å². The van der Waals surface area contributed by atoms with E-state index in [2.05, 4.69) is 45.3 Å². The third kappa shape index (κ3) is 2.79. The van der Waals surface area contributed by atoms with Crippen LogP contribution in [0, 0.1) is 6.92 Å². The lowest BCUT2D eigenvalue weighted by atomic mass is 10.2. The number of anilines is 1. The molecule has 4 heteroatoms. The number of aryl methyl sites for hydroxylation is 1. The average molecular weight is 283 g/mol. The number of halogens is 1. The summed E-state index contributed by atoms with van der Waals surface area (Å²) in [5, 5.41) is 3.40. The number of nitrogens with one attached hydrogen (secondary N) is 1. The first-order valence-electron chi connectivity index (χ1n) is 4.63. The lowest BCUT2D eigenvalue weighted by Gasteiger charge is -2.08. The summed E-state index contributed by atoms with van der Waals surface area (Å²) in [4.78, 5) is 5.29. The summed E-state index contributed by atoms with van der Waals surface area (Å²) in [6, 6.07) is 6.24. The van der Waals surface area contributed by atoms with E-state index in [1.807, 2.05) is 17.8 Å². The minimum Gasteiger partial charge on any atom is -0.380 e. The van der Waals surface area contributed by atoms with Crippen LogP contribution in [-0.4, -0.2) is 4.98 Å². The molecule has 1 heterocycles. The first-order valence-corrected chi connectivity index (χ1v) is 6.30. The highest BCUT2D eigenvalue weighted by molar-refractivity contribution is 9.10. The molecule has 0 aliphatic rings. The van der Waals surface area contributed by atoms with Gasteiger partial charge in [-0.1, -0.05) is 22.0 Å². The largest absolute Gasteiger partial charge is 0.380 e. The van der Waals surface area contributed by atoms with Crippen LogP contribution < -0.4 is 5.32 Å². The molecule has 0 fully saturated rings. The van der Waals surface area contributed by atoms with Gasteiger partial charge < -0.3 is 5.32 Å². The molecule has 2 rings (SSSR count). The zero-order chi connectivity index (χ0) is 10.7. The third-order valence-electron chi connectivity index (χ3n) is 2.14. The van der Waals surface area contributed by atoms with Gasteiger partial charge in [0.25, 0.3) is 0 Å². The minimum absolute atomic E-state index is 0.835. The van der Waals surface area contributed by atoms with E-state index in [-0.39, 0.29) is 0 Å². The van der Waals surface area contributed by atoms with Crippen LogP contribution in [0.15, 0.2) is 34.4 Å². The SMILES string of the molecule is Cc1ccc(Br)cc1NCc1cncs1. The molecule has 0 bridgehead atoms. The summed E-state index contributed by atoms with van der Waals surface area (Å²) in [5.41, 5.74) is 4.27. The van der Waals surface area contributed by atoms with E-state index in [0.717, 1.165) is 16.7 Å². The predicted octanol–water partition coefficient (Wildman–Crippen LogP) is 3.83. The molecular weight excluding hydrogens is 272 g/mol. The predicted molar refractivity (Wildman–Crippen MR) is 68.3 cm³/mol. The van der Waals surface area contributed by atoms with Crippen molar-refractivity contribution >= 4 is 33.0 Å². The zero-order valence-electron chi connectivity index (χ0n) is 8.33. The summed E-state index contributed by atoms with van der Waals surface area (Å²) in [6.07, 6.45) is 1.89. The van der Waals surface area contributed by atoms with Crippen molar-refractivity contribution in [3.05, 3.63) is 44.8 Å². The average Bonchev–Trinajstić information content (AvgIpc) is 2.72. The monoisotopic (exact) mass is 282 g/mol. The molecule has 0 amide bonds.